The molecule has 0 amide bonds. The van der Waals surface area contributed by atoms with Crippen molar-refractivity contribution in [2.45, 2.75) is 13.3 Å². The van der Waals surface area contributed by atoms with Crippen molar-refractivity contribution in [3.8, 4) is 0 Å². The molecule has 0 saturated heterocycles. The third-order valence-electron chi connectivity index (χ3n) is 0.763. The minimum atomic E-state index is -1.19. The van der Waals surface area contributed by atoms with Gasteiger partial charge in [-0.05, 0) is 6.42 Å². The molecule has 0 spiro atoms. The molecule has 0 saturated carbocycles. The Morgan fingerprint density at radius 3 is 1.77 bits per heavy atom. The highest BCUT2D eigenvalue weighted by Crippen LogP contribution is 1.78. The van der Waals surface area contributed by atoms with Gasteiger partial charge in [-0.15, -0.1) is 0 Å². The summed E-state index contributed by atoms with van der Waals surface area (Å²) in [7, 11) is 2.51. The predicted octanol–water partition coefficient (Wildman–Crippen LogP) is 1.49. The van der Waals surface area contributed by atoms with Gasteiger partial charge in [0.15, 0.2) is 0 Å². The number of hydrogen-bond donors (Lipinski definition) is 1. The number of carbonyl (C=O) groups excluding carboxylic acids is 1. The number of rotatable bonds is 2. The van der Waals surface area contributed by atoms with Crippen LogP contribution in [0.1, 0.15) is 13.3 Å². The predicted molar refractivity (Wildman–Crippen MR) is 43.7 cm³/mol. The van der Waals surface area contributed by atoms with E-state index in [9.17, 15) is 9.59 Å². The van der Waals surface area contributed by atoms with Gasteiger partial charge in [-0.1, -0.05) is 6.92 Å². The molecule has 0 aliphatic rings. The van der Waals surface area contributed by atoms with Gasteiger partial charge in [0.25, 0.3) is 0 Å². The van der Waals surface area contributed by atoms with E-state index in [1.165, 1.54) is 14.2 Å². The van der Waals surface area contributed by atoms with Gasteiger partial charge in [0, 0.05) is 0 Å². The Kier molecular flexibility index (Phi) is 11.4. The van der Waals surface area contributed by atoms with E-state index in [0.717, 1.165) is 6.42 Å². The summed E-state index contributed by atoms with van der Waals surface area (Å²) in [6.07, 6.45) is -1.11. The van der Waals surface area contributed by atoms with E-state index in [1.54, 1.807) is 0 Å². The Labute approximate surface area is 76.4 Å². The Hall–Kier alpha value is -1.46. The summed E-state index contributed by atoms with van der Waals surface area (Å²) in [5, 5.41) is 7.82. The van der Waals surface area contributed by atoms with Crippen LogP contribution in [0.4, 0.5) is 9.59 Å². The highest BCUT2D eigenvalue weighted by molar-refractivity contribution is 5.59. The molecule has 6 nitrogen and oxygen atoms in total. The van der Waals surface area contributed by atoms with Gasteiger partial charge in [0.05, 0.1) is 20.8 Å². The highest BCUT2D eigenvalue weighted by Gasteiger charge is 1.89. The summed E-state index contributed by atoms with van der Waals surface area (Å²) < 4.78 is 12.2. The minimum Gasteiger partial charge on any atom is -0.450 e. The number of hydrogen-bond acceptors (Lipinski definition) is 5. The molecule has 78 valence electrons. The topological polar surface area (TPSA) is 82.1 Å². The summed E-state index contributed by atoms with van der Waals surface area (Å²) in [5.74, 6) is 0. The van der Waals surface area contributed by atoms with Crippen LogP contribution in [-0.4, -0.2) is 38.2 Å². The summed E-state index contributed by atoms with van der Waals surface area (Å²) in [6.45, 7) is 2.15. The van der Waals surface area contributed by atoms with Crippen molar-refractivity contribution < 1.29 is 28.9 Å². The standard InChI is InChI=1S/C4H8O3.C3H6O3/c1-2-3-7-4(5)6;1-5-3(4)6-2/h2-3H2,1H3,(H,5,6);1-2H3. The summed E-state index contributed by atoms with van der Waals surface area (Å²) in [6, 6.07) is 0. The van der Waals surface area contributed by atoms with E-state index in [4.69, 9.17) is 5.11 Å². The van der Waals surface area contributed by atoms with E-state index in [-0.39, 0.29) is 0 Å². The lowest BCUT2D eigenvalue weighted by molar-refractivity contribution is 0.0910. The van der Waals surface area contributed by atoms with Crippen LogP contribution < -0.4 is 0 Å². The smallest absolute Gasteiger partial charge is 0.450 e. The number of carboxylic acid groups (broad SMARTS) is 1. The molecule has 0 unspecified atom stereocenters. The maximum absolute atomic E-state index is 9.74. The van der Waals surface area contributed by atoms with Crippen LogP contribution in [0, 0.1) is 0 Å². The molecule has 0 aromatic carbocycles. The van der Waals surface area contributed by atoms with Crippen molar-refractivity contribution in [1.29, 1.82) is 0 Å². The lowest BCUT2D eigenvalue weighted by Gasteiger charge is -1.91. The maximum Gasteiger partial charge on any atom is 0.507 e. The van der Waals surface area contributed by atoms with E-state index in [2.05, 4.69) is 14.2 Å². The Morgan fingerprint density at radius 2 is 1.69 bits per heavy atom. The average Bonchev–Trinajstić information content (AvgIpc) is 2.14. The van der Waals surface area contributed by atoms with Crippen molar-refractivity contribution in [2.24, 2.45) is 0 Å². The maximum atomic E-state index is 9.74. The van der Waals surface area contributed by atoms with Gasteiger partial charge in [-0.3, -0.25) is 0 Å². The molecule has 0 aromatic rings. The molecular formula is C7H14O6. The Morgan fingerprint density at radius 1 is 1.23 bits per heavy atom. The molecule has 0 rings (SSSR count). The first-order valence-electron chi connectivity index (χ1n) is 3.56. The van der Waals surface area contributed by atoms with Crippen molar-refractivity contribution in [2.75, 3.05) is 20.8 Å². The summed E-state index contributed by atoms with van der Waals surface area (Å²) in [5.41, 5.74) is 0. The molecule has 0 atom stereocenters. The summed E-state index contributed by atoms with van der Waals surface area (Å²) in [4.78, 5) is 19.3. The molecule has 13 heavy (non-hydrogen) atoms. The SMILES string of the molecule is CCCOC(=O)O.COC(=O)OC. The second-order valence-corrected chi connectivity index (χ2v) is 1.77. The molecule has 0 bridgehead atoms. The normalized spacial score (nSPS) is 7.62. The van der Waals surface area contributed by atoms with Gasteiger partial charge < -0.3 is 19.3 Å². The van der Waals surface area contributed by atoms with Gasteiger partial charge in [-0.2, -0.15) is 0 Å². The molecule has 0 heterocycles. The molecule has 6 heteroatoms. The van der Waals surface area contributed by atoms with Crippen LogP contribution in [0.25, 0.3) is 0 Å². The van der Waals surface area contributed by atoms with Crippen molar-refractivity contribution in [3.63, 3.8) is 0 Å². The monoisotopic (exact) mass is 194 g/mol. The van der Waals surface area contributed by atoms with Crippen LogP contribution in [-0.2, 0) is 14.2 Å². The van der Waals surface area contributed by atoms with Crippen LogP contribution >= 0.6 is 0 Å². The Bertz CT molecular complexity index is 138. The second kappa shape index (κ2) is 10.5. The molecule has 1 N–H and O–H groups in total. The lowest BCUT2D eigenvalue weighted by Crippen LogP contribution is -1.99. The van der Waals surface area contributed by atoms with Crippen molar-refractivity contribution >= 4 is 12.3 Å². The zero-order valence-corrected chi connectivity index (χ0v) is 7.90. The first-order chi connectivity index (χ1) is 6.08. The van der Waals surface area contributed by atoms with Crippen LogP contribution in [0.15, 0.2) is 0 Å². The van der Waals surface area contributed by atoms with Gasteiger partial charge in [0.1, 0.15) is 0 Å². The van der Waals surface area contributed by atoms with Crippen molar-refractivity contribution in [3.05, 3.63) is 0 Å². The molecule has 0 aromatic heterocycles. The fourth-order valence-corrected chi connectivity index (χ4v) is 0.273. The van der Waals surface area contributed by atoms with E-state index in [1.807, 2.05) is 6.92 Å². The van der Waals surface area contributed by atoms with Gasteiger partial charge in [0.2, 0.25) is 0 Å². The van der Waals surface area contributed by atoms with Crippen LogP contribution in [0.2, 0.25) is 0 Å². The third kappa shape index (κ3) is 18.0. The van der Waals surface area contributed by atoms with E-state index < -0.39 is 12.3 Å². The summed E-state index contributed by atoms with van der Waals surface area (Å²) >= 11 is 0. The van der Waals surface area contributed by atoms with Gasteiger partial charge >= 0.3 is 12.3 Å². The van der Waals surface area contributed by atoms with E-state index in [0.29, 0.717) is 6.61 Å². The zero-order valence-electron chi connectivity index (χ0n) is 7.90. The Balaban J connectivity index is 0. The molecule has 0 aliphatic carbocycles. The van der Waals surface area contributed by atoms with Crippen molar-refractivity contribution in [1.82, 2.24) is 0 Å². The zero-order chi connectivity index (χ0) is 10.7. The average molecular weight is 194 g/mol. The van der Waals surface area contributed by atoms with Gasteiger partial charge in [-0.25, -0.2) is 9.59 Å². The first-order valence-corrected chi connectivity index (χ1v) is 3.56. The fraction of sp³-hybridized carbons (Fsp3) is 0.714. The first kappa shape index (κ1) is 14.1. The lowest BCUT2D eigenvalue weighted by atomic mass is 10.5. The highest BCUT2D eigenvalue weighted by atomic mass is 16.7. The molecular weight excluding hydrogens is 180 g/mol. The number of methoxy groups -OCH3 is 2. The third-order valence-corrected chi connectivity index (χ3v) is 0.763. The fourth-order valence-electron chi connectivity index (χ4n) is 0.273. The minimum absolute atomic E-state index is 0.301. The molecule has 0 fully saturated rings. The number of carbonyl (C=O) groups is 2. The second-order valence-electron chi connectivity index (χ2n) is 1.77. The van der Waals surface area contributed by atoms with E-state index >= 15 is 0 Å². The van der Waals surface area contributed by atoms with Crippen LogP contribution in [0.3, 0.4) is 0 Å². The number of ether oxygens (including phenoxy) is 3. The molecule has 0 aliphatic heterocycles. The van der Waals surface area contributed by atoms with Crippen LogP contribution in [0.5, 0.6) is 0 Å². The quantitative estimate of drug-likeness (QED) is 0.670. The molecule has 0 radical (unpaired) electrons. The largest absolute Gasteiger partial charge is 0.507 e.